The fourth-order valence-electron chi connectivity index (χ4n) is 1.65. The number of nitrogens with zero attached hydrogens (tertiary/aromatic N) is 2. The average molecular weight is 254 g/mol. The maximum Gasteiger partial charge on any atom is 0.242 e. The lowest BCUT2D eigenvalue weighted by Gasteiger charge is -2.16. The number of rotatable bonds is 8. The molecule has 0 saturated heterocycles. The van der Waals surface area contributed by atoms with Gasteiger partial charge in [-0.05, 0) is 19.3 Å². The highest BCUT2D eigenvalue weighted by Gasteiger charge is 2.11. The predicted octanol–water partition coefficient (Wildman–Crippen LogP) is 1.28. The van der Waals surface area contributed by atoms with Gasteiger partial charge in [-0.25, -0.2) is 4.98 Å². The molecule has 0 spiro atoms. The fraction of sp³-hybridized carbons (Fsp3) is 0.667. The van der Waals surface area contributed by atoms with Gasteiger partial charge in [0.05, 0.1) is 6.61 Å². The minimum atomic E-state index is 0.198. The van der Waals surface area contributed by atoms with Gasteiger partial charge in [0, 0.05) is 13.2 Å². The highest BCUT2D eigenvalue weighted by molar-refractivity contribution is 5.66. The van der Waals surface area contributed by atoms with Gasteiger partial charge in [0.25, 0.3) is 0 Å². The summed E-state index contributed by atoms with van der Waals surface area (Å²) < 4.78 is 5.30. The van der Waals surface area contributed by atoms with E-state index in [0.29, 0.717) is 29.9 Å². The SMILES string of the molecule is CCOc1ncnc(NCC(CC)CCO)c1N. The molecule has 6 nitrogen and oxygen atoms in total. The molecular formula is C12H22N4O2. The van der Waals surface area contributed by atoms with Crippen LogP contribution in [0.1, 0.15) is 26.7 Å². The standard InChI is InChI=1S/C12H22N4O2/c1-3-9(5-6-17)7-14-11-10(13)12(18-4-2)16-8-15-11/h8-9,17H,3-7,13H2,1-2H3,(H,14,15,16). The normalized spacial score (nSPS) is 12.2. The van der Waals surface area contributed by atoms with Crippen molar-refractivity contribution in [2.45, 2.75) is 26.7 Å². The first-order valence-corrected chi connectivity index (χ1v) is 6.30. The van der Waals surface area contributed by atoms with Crippen LogP contribution in [-0.4, -0.2) is 34.8 Å². The summed E-state index contributed by atoms with van der Waals surface area (Å²) in [5, 5.41) is 12.1. The van der Waals surface area contributed by atoms with E-state index in [1.165, 1.54) is 6.33 Å². The van der Waals surface area contributed by atoms with Crippen molar-refractivity contribution in [1.29, 1.82) is 0 Å². The molecular weight excluding hydrogens is 232 g/mol. The zero-order valence-electron chi connectivity index (χ0n) is 11.0. The first-order chi connectivity index (χ1) is 8.72. The molecule has 1 rings (SSSR count). The Labute approximate surface area is 108 Å². The summed E-state index contributed by atoms with van der Waals surface area (Å²) in [5.74, 6) is 1.40. The summed E-state index contributed by atoms with van der Waals surface area (Å²) in [5.41, 5.74) is 6.34. The number of aromatic nitrogens is 2. The maximum atomic E-state index is 8.94. The van der Waals surface area contributed by atoms with Gasteiger partial charge < -0.3 is 20.9 Å². The Morgan fingerprint density at radius 2 is 2.22 bits per heavy atom. The minimum Gasteiger partial charge on any atom is -0.476 e. The lowest BCUT2D eigenvalue weighted by atomic mass is 10.0. The first-order valence-electron chi connectivity index (χ1n) is 6.30. The Morgan fingerprint density at radius 3 is 2.83 bits per heavy atom. The topological polar surface area (TPSA) is 93.3 Å². The molecule has 0 aliphatic carbocycles. The van der Waals surface area contributed by atoms with Crippen LogP contribution < -0.4 is 15.8 Å². The zero-order valence-corrected chi connectivity index (χ0v) is 11.0. The van der Waals surface area contributed by atoms with Crippen LogP contribution in [0.15, 0.2) is 6.33 Å². The van der Waals surface area contributed by atoms with E-state index >= 15 is 0 Å². The predicted molar refractivity (Wildman–Crippen MR) is 71.6 cm³/mol. The maximum absolute atomic E-state index is 8.94. The van der Waals surface area contributed by atoms with Gasteiger partial charge in [-0.15, -0.1) is 0 Å². The number of hydrogen-bond acceptors (Lipinski definition) is 6. The minimum absolute atomic E-state index is 0.198. The summed E-state index contributed by atoms with van der Waals surface area (Å²) in [4.78, 5) is 8.07. The summed E-state index contributed by atoms with van der Waals surface area (Å²) in [6, 6.07) is 0. The highest BCUT2D eigenvalue weighted by atomic mass is 16.5. The van der Waals surface area contributed by atoms with Crippen LogP contribution in [0.2, 0.25) is 0 Å². The Kier molecular flexibility index (Phi) is 6.21. The highest BCUT2D eigenvalue weighted by Crippen LogP contribution is 2.24. The van der Waals surface area contributed by atoms with Crippen molar-refractivity contribution in [3.05, 3.63) is 6.33 Å². The van der Waals surface area contributed by atoms with E-state index in [1.54, 1.807) is 0 Å². The second-order valence-corrected chi connectivity index (χ2v) is 4.04. The first kappa shape index (κ1) is 14.5. The third-order valence-electron chi connectivity index (χ3n) is 2.80. The number of aliphatic hydroxyl groups excluding tert-OH is 1. The molecule has 18 heavy (non-hydrogen) atoms. The van der Waals surface area contributed by atoms with Crippen LogP contribution in [0.4, 0.5) is 11.5 Å². The van der Waals surface area contributed by atoms with E-state index in [2.05, 4.69) is 22.2 Å². The van der Waals surface area contributed by atoms with Gasteiger partial charge in [-0.3, -0.25) is 0 Å². The van der Waals surface area contributed by atoms with E-state index in [9.17, 15) is 0 Å². The number of nitrogens with one attached hydrogen (secondary N) is 1. The van der Waals surface area contributed by atoms with Gasteiger partial charge >= 0.3 is 0 Å². The molecule has 4 N–H and O–H groups in total. The molecule has 1 aromatic heterocycles. The number of hydrogen-bond donors (Lipinski definition) is 3. The monoisotopic (exact) mass is 254 g/mol. The Hall–Kier alpha value is -1.56. The molecule has 0 aliphatic rings. The molecule has 0 aromatic carbocycles. The molecule has 0 amide bonds. The average Bonchev–Trinajstić information content (AvgIpc) is 2.38. The summed E-state index contributed by atoms with van der Waals surface area (Å²) in [6.07, 6.45) is 3.19. The molecule has 0 bridgehead atoms. The van der Waals surface area contributed by atoms with Crippen molar-refractivity contribution in [3.8, 4) is 5.88 Å². The Morgan fingerprint density at radius 1 is 1.44 bits per heavy atom. The summed E-state index contributed by atoms with van der Waals surface area (Å²) in [7, 11) is 0. The Balaban J connectivity index is 2.63. The van der Waals surface area contributed by atoms with Crippen molar-refractivity contribution < 1.29 is 9.84 Å². The third-order valence-corrected chi connectivity index (χ3v) is 2.80. The number of anilines is 2. The van der Waals surface area contributed by atoms with E-state index in [-0.39, 0.29) is 6.61 Å². The van der Waals surface area contributed by atoms with E-state index in [1.807, 2.05) is 6.92 Å². The van der Waals surface area contributed by atoms with Crippen LogP contribution in [0, 0.1) is 5.92 Å². The van der Waals surface area contributed by atoms with Gasteiger partial charge in [-0.1, -0.05) is 13.3 Å². The molecule has 0 fully saturated rings. The van der Waals surface area contributed by atoms with Crippen LogP contribution in [0.5, 0.6) is 5.88 Å². The molecule has 6 heteroatoms. The fourth-order valence-corrected chi connectivity index (χ4v) is 1.65. The van der Waals surface area contributed by atoms with E-state index in [0.717, 1.165) is 19.4 Å². The third kappa shape index (κ3) is 4.03. The van der Waals surface area contributed by atoms with Crippen molar-refractivity contribution in [3.63, 3.8) is 0 Å². The zero-order chi connectivity index (χ0) is 13.4. The number of aliphatic hydroxyl groups is 1. The smallest absolute Gasteiger partial charge is 0.242 e. The van der Waals surface area contributed by atoms with Crippen LogP contribution >= 0.6 is 0 Å². The van der Waals surface area contributed by atoms with Gasteiger partial charge in [-0.2, -0.15) is 4.98 Å². The second kappa shape index (κ2) is 7.71. The van der Waals surface area contributed by atoms with E-state index in [4.69, 9.17) is 15.6 Å². The molecule has 0 saturated carbocycles. The quantitative estimate of drug-likeness (QED) is 0.647. The van der Waals surface area contributed by atoms with Crippen molar-refractivity contribution in [2.75, 3.05) is 30.8 Å². The molecule has 102 valence electrons. The summed E-state index contributed by atoms with van der Waals surface area (Å²) in [6.45, 7) is 5.41. The number of nitrogen functional groups attached to an aromatic ring is 1. The van der Waals surface area contributed by atoms with Gasteiger partial charge in [0.15, 0.2) is 5.82 Å². The molecule has 1 heterocycles. The lowest BCUT2D eigenvalue weighted by Crippen LogP contribution is -2.17. The second-order valence-electron chi connectivity index (χ2n) is 4.04. The van der Waals surface area contributed by atoms with Crippen molar-refractivity contribution in [2.24, 2.45) is 5.92 Å². The molecule has 0 aliphatic heterocycles. The largest absolute Gasteiger partial charge is 0.476 e. The number of ether oxygens (including phenoxy) is 1. The summed E-state index contributed by atoms with van der Waals surface area (Å²) >= 11 is 0. The van der Waals surface area contributed by atoms with E-state index < -0.39 is 0 Å². The Bertz CT molecular complexity index is 360. The molecule has 1 atom stereocenters. The van der Waals surface area contributed by atoms with Gasteiger partial charge in [0.1, 0.15) is 12.0 Å². The van der Waals surface area contributed by atoms with Crippen molar-refractivity contribution >= 4 is 11.5 Å². The van der Waals surface area contributed by atoms with Crippen molar-refractivity contribution in [1.82, 2.24) is 9.97 Å². The van der Waals surface area contributed by atoms with Crippen LogP contribution in [0.3, 0.4) is 0 Å². The molecule has 0 radical (unpaired) electrons. The van der Waals surface area contributed by atoms with Gasteiger partial charge in [0.2, 0.25) is 5.88 Å². The lowest BCUT2D eigenvalue weighted by molar-refractivity contribution is 0.258. The molecule has 1 unspecified atom stereocenters. The van der Waals surface area contributed by atoms with Crippen LogP contribution in [-0.2, 0) is 0 Å². The number of nitrogens with two attached hydrogens (primary N) is 1. The van der Waals surface area contributed by atoms with Crippen LogP contribution in [0.25, 0.3) is 0 Å². The molecule has 1 aromatic rings.